The molecule has 0 bridgehead atoms. The summed E-state index contributed by atoms with van der Waals surface area (Å²) in [7, 11) is 1.86. The Balaban J connectivity index is 2.16. The summed E-state index contributed by atoms with van der Waals surface area (Å²) in [5.41, 5.74) is 3.88. The molecular formula is C21H24N4OS. The number of hydrogen-bond acceptors (Lipinski definition) is 5. The minimum absolute atomic E-state index is 0.0617. The number of nitrogens with one attached hydrogen (secondary N) is 1. The van der Waals surface area contributed by atoms with Crippen LogP contribution in [0.4, 0.5) is 5.69 Å². The van der Waals surface area contributed by atoms with Crippen molar-refractivity contribution in [2.45, 2.75) is 34.1 Å². The molecule has 140 valence electrons. The number of nitrogens with zero attached hydrogens (tertiary/aromatic N) is 3. The average Bonchev–Trinajstić information content (AvgIpc) is 3.04. The highest BCUT2D eigenvalue weighted by molar-refractivity contribution is 7.25. The standard InChI is InChI=1S/C21H24N4OS/c1-6-7-8-13(2)14(3)10-12-25-15(4)24-18-17-16(22-5)9-11-23-20(17)27-19(18)21(25)26/h7-12H,6H2,1-5H3,(H,22,23)/b8-7-,12-10+,14-13-. The van der Waals surface area contributed by atoms with Gasteiger partial charge in [0, 0.05) is 25.1 Å². The SMILES string of the molecule is CC\C=C/C(C)=C(C)\C=C\n1c(C)nc2c(sc3nccc(NC)c32)c1=O. The maximum absolute atomic E-state index is 13.1. The van der Waals surface area contributed by atoms with Crippen molar-refractivity contribution in [3.8, 4) is 0 Å². The average molecular weight is 381 g/mol. The molecule has 6 heteroatoms. The van der Waals surface area contributed by atoms with Crippen molar-refractivity contribution in [2.75, 3.05) is 12.4 Å². The fourth-order valence-corrected chi connectivity index (χ4v) is 3.90. The van der Waals surface area contributed by atoms with Crippen molar-refractivity contribution in [1.29, 1.82) is 0 Å². The van der Waals surface area contributed by atoms with E-state index >= 15 is 0 Å². The van der Waals surface area contributed by atoms with Gasteiger partial charge in [-0.1, -0.05) is 19.1 Å². The van der Waals surface area contributed by atoms with Gasteiger partial charge in [-0.3, -0.25) is 9.36 Å². The summed E-state index contributed by atoms with van der Waals surface area (Å²) in [5.74, 6) is 0.656. The summed E-state index contributed by atoms with van der Waals surface area (Å²) in [6.45, 7) is 8.08. The van der Waals surface area contributed by atoms with Crippen molar-refractivity contribution < 1.29 is 0 Å². The second-order valence-electron chi connectivity index (χ2n) is 6.40. The molecule has 0 saturated heterocycles. The van der Waals surface area contributed by atoms with E-state index in [0.717, 1.165) is 27.9 Å². The van der Waals surface area contributed by atoms with Gasteiger partial charge in [-0.15, -0.1) is 11.3 Å². The van der Waals surface area contributed by atoms with Crippen LogP contribution < -0.4 is 10.9 Å². The fourth-order valence-electron chi connectivity index (χ4n) is 2.86. The first-order valence-electron chi connectivity index (χ1n) is 8.98. The van der Waals surface area contributed by atoms with Gasteiger partial charge in [0.1, 0.15) is 20.9 Å². The van der Waals surface area contributed by atoms with Gasteiger partial charge in [0.05, 0.1) is 5.39 Å². The van der Waals surface area contributed by atoms with E-state index in [1.54, 1.807) is 17.0 Å². The van der Waals surface area contributed by atoms with Crippen LogP contribution in [-0.4, -0.2) is 21.6 Å². The summed E-state index contributed by atoms with van der Waals surface area (Å²) >= 11 is 1.39. The van der Waals surface area contributed by atoms with Crippen molar-refractivity contribution in [2.24, 2.45) is 0 Å². The molecule has 0 aromatic carbocycles. The van der Waals surface area contributed by atoms with E-state index in [1.807, 2.05) is 33.0 Å². The van der Waals surface area contributed by atoms with E-state index in [0.29, 0.717) is 16.0 Å². The van der Waals surface area contributed by atoms with Crippen LogP contribution in [0.5, 0.6) is 0 Å². The van der Waals surface area contributed by atoms with Gasteiger partial charge in [-0.05, 0) is 50.5 Å². The van der Waals surface area contributed by atoms with E-state index in [4.69, 9.17) is 4.98 Å². The highest BCUT2D eigenvalue weighted by Crippen LogP contribution is 2.34. The molecule has 0 atom stereocenters. The number of fused-ring (bicyclic) bond motifs is 3. The second kappa shape index (κ2) is 7.88. The second-order valence-corrected chi connectivity index (χ2v) is 7.39. The van der Waals surface area contributed by atoms with Gasteiger partial charge in [0.15, 0.2) is 0 Å². The Labute approximate surface area is 162 Å². The Bertz CT molecular complexity index is 1150. The molecule has 0 radical (unpaired) electrons. The zero-order valence-electron chi connectivity index (χ0n) is 16.3. The number of aryl methyl sites for hydroxylation is 1. The van der Waals surface area contributed by atoms with Gasteiger partial charge < -0.3 is 5.32 Å². The molecule has 0 unspecified atom stereocenters. The van der Waals surface area contributed by atoms with Crippen LogP contribution in [0, 0.1) is 6.92 Å². The molecule has 0 saturated carbocycles. The largest absolute Gasteiger partial charge is 0.387 e. The normalized spacial score (nSPS) is 13.2. The minimum atomic E-state index is -0.0617. The zero-order chi connectivity index (χ0) is 19.6. The minimum Gasteiger partial charge on any atom is -0.387 e. The maximum Gasteiger partial charge on any atom is 0.275 e. The molecule has 3 rings (SSSR count). The van der Waals surface area contributed by atoms with Crippen LogP contribution in [0.15, 0.2) is 46.4 Å². The van der Waals surface area contributed by atoms with Gasteiger partial charge in [0.25, 0.3) is 5.56 Å². The molecule has 0 spiro atoms. The van der Waals surface area contributed by atoms with E-state index in [-0.39, 0.29) is 5.56 Å². The molecule has 0 aliphatic heterocycles. The number of rotatable bonds is 5. The lowest BCUT2D eigenvalue weighted by Gasteiger charge is -2.06. The summed E-state index contributed by atoms with van der Waals surface area (Å²) < 4.78 is 2.23. The predicted molar refractivity (Wildman–Crippen MR) is 117 cm³/mol. The van der Waals surface area contributed by atoms with Crippen LogP contribution in [0.1, 0.15) is 33.0 Å². The van der Waals surface area contributed by atoms with Crippen LogP contribution in [0.2, 0.25) is 0 Å². The van der Waals surface area contributed by atoms with Gasteiger partial charge in [-0.25, -0.2) is 9.97 Å². The highest BCUT2D eigenvalue weighted by atomic mass is 32.1. The molecule has 3 aromatic heterocycles. The first-order chi connectivity index (χ1) is 13.0. The summed E-state index contributed by atoms with van der Waals surface area (Å²) in [6, 6.07) is 1.90. The molecule has 0 amide bonds. The topological polar surface area (TPSA) is 59.8 Å². The number of thiophene rings is 1. The lowest BCUT2D eigenvalue weighted by atomic mass is 10.1. The monoisotopic (exact) mass is 380 g/mol. The van der Waals surface area contributed by atoms with Gasteiger partial charge in [0.2, 0.25) is 0 Å². The quantitative estimate of drug-likeness (QED) is 0.623. The fraction of sp³-hybridized carbons (Fsp3) is 0.286. The Kier molecular flexibility index (Phi) is 5.56. The van der Waals surface area contributed by atoms with Crippen molar-refractivity contribution >= 4 is 43.7 Å². The molecule has 0 aliphatic carbocycles. The van der Waals surface area contributed by atoms with E-state index in [9.17, 15) is 4.79 Å². The van der Waals surface area contributed by atoms with Crippen LogP contribution in [-0.2, 0) is 0 Å². The third kappa shape index (κ3) is 3.57. The first-order valence-corrected chi connectivity index (χ1v) is 9.79. The lowest BCUT2D eigenvalue weighted by Crippen LogP contribution is -2.18. The van der Waals surface area contributed by atoms with Crippen LogP contribution in [0.25, 0.3) is 26.6 Å². The number of aromatic nitrogens is 3. The summed E-state index contributed by atoms with van der Waals surface area (Å²) in [6.07, 6.45) is 10.7. The van der Waals surface area contributed by atoms with Gasteiger partial charge in [-0.2, -0.15) is 0 Å². The van der Waals surface area contributed by atoms with Gasteiger partial charge >= 0.3 is 0 Å². The molecule has 3 aromatic rings. The number of hydrogen-bond donors (Lipinski definition) is 1. The summed E-state index contributed by atoms with van der Waals surface area (Å²) in [4.78, 5) is 23.0. The smallest absolute Gasteiger partial charge is 0.275 e. The molecule has 5 nitrogen and oxygen atoms in total. The summed E-state index contributed by atoms with van der Waals surface area (Å²) in [5, 5.41) is 4.07. The van der Waals surface area contributed by atoms with Crippen LogP contribution >= 0.6 is 11.3 Å². The Morgan fingerprint density at radius 1 is 1.30 bits per heavy atom. The Morgan fingerprint density at radius 2 is 2.04 bits per heavy atom. The predicted octanol–water partition coefficient (Wildman–Crippen LogP) is 5.13. The van der Waals surface area contributed by atoms with E-state index in [1.165, 1.54) is 16.9 Å². The van der Waals surface area contributed by atoms with Crippen LogP contribution in [0.3, 0.4) is 0 Å². The van der Waals surface area contributed by atoms with Crippen molar-refractivity contribution in [3.63, 3.8) is 0 Å². The molecule has 0 aliphatic rings. The zero-order valence-corrected chi connectivity index (χ0v) is 17.1. The lowest BCUT2D eigenvalue weighted by molar-refractivity contribution is 0.944. The van der Waals surface area contributed by atoms with E-state index in [2.05, 4.69) is 36.3 Å². The highest BCUT2D eigenvalue weighted by Gasteiger charge is 2.16. The Morgan fingerprint density at radius 3 is 2.74 bits per heavy atom. The third-order valence-corrected chi connectivity index (χ3v) is 5.65. The maximum atomic E-state index is 13.1. The Hall–Kier alpha value is -2.73. The first kappa shape index (κ1) is 19.0. The molecular weight excluding hydrogens is 356 g/mol. The number of pyridine rings is 1. The van der Waals surface area contributed by atoms with Crippen molar-refractivity contribution in [3.05, 3.63) is 57.8 Å². The molecule has 0 fully saturated rings. The number of allylic oxidation sites excluding steroid dienone is 5. The van der Waals surface area contributed by atoms with E-state index < -0.39 is 0 Å². The third-order valence-electron chi connectivity index (χ3n) is 4.57. The molecule has 3 heterocycles. The molecule has 27 heavy (non-hydrogen) atoms. The molecule has 1 N–H and O–H groups in total. The van der Waals surface area contributed by atoms with Crippen molar-refractivity contribution in [1.82, 2.24) is 14.5 Å². The number of anilines is 1.